The first-order chi connectivity index (χ1) is 14.5. The number of hydrogen-bond acceptors (Lipinski definition) is 5. The Kier molecular flexibility index (Phi) is 5.69. The van der Waals surface area contributed by atoms with Crippen molar-refractivity contribution >= 4 is 18.7 Å². The fraction of sp³-hybridized carbons (Fsp3) is 0.520. The van der Waals surface area contributed by atoms with Crippen molar-refractivity contribution in [3.05, 3.63) is 60.7 Å². The molecule has 31 heavy (non-hydrogen) atoms. The highest BCUT2D eigenvalue weighted by Gasteiger charge is 2.61. The number of hydrogen-bond donors (Lipinski definition) is 1. The summed E-state index contributed by atoms with van der Waals surface area (Å²) in [6.45, 7) is 12.4. The minimum atomic E-state index is -2.70. The summed E-state index contributed by atoms with van der Waals surface area (Å²) in [4.78, 5) is 0. The van der Waals surface area contributed by atoms with E-state index in [1.165, 1.54) is 10.4 Å². The van der Waals surface area contributed by atoms with Crippen LogP contribution >= 0.6 is 0 Å². The van der Waals surface area contributed by atoms with Crippen molar-refractivity contribution < 1.29 is 23.7 Å². The van der Waals surface area contributed by atoms with Gasteiger partial charge in [-0.05, 0) is 36.2 Å². The number of benzene rings is 2. The molecule has 0 spiro atoms. The lowest BCUT2D eigenvalue weighted by molar-refractivity contribution is -0.267. The van der Waals surface area contributed by atoms with Crippen LogP contribution in [0.1, 0.15) is 41.5 Å². The zero-order valence-corrected chi connectivity index (χ0v) is 20.3. The second-order valence-electron chi connectivity index (χ2n) is 10.2. The van der Waals surface area contributed by atoms with Crippen molar-refractivity contribution in [2.45, 2.75) is 76.5 Å². The van der Waals surface area contributed by atoms with Crippen LogP contribution in [0, 0.1) is 0 Å². The topological polar surface area (TPSA) is 57.2 Å². The Labute approximate surface area is 186 Å². The average Bonchev–Trinajstić information content (AvgIpc) is 3.15. The molecule has 0 aromatic heterocycles. The van der Waals surface area contributed by atoms with E-state index in [1.807, 2.05) is 26.0 Å². The molecule has 0 saturated carbocycles. The second kappa shape index (κ2) is 7.80. The largest absolute Gasteiger partial charge is 0.405 e. The summed E-state index contributed by atoms with van der Waals surface area (Å²) in [5, 5.41) is 13.1. The van der Waals surface area contributed by atoms with Gasteiger partial charge >= 0.3 is 0 Å². The van der Waals surface area contributed by atoms with Crippen molar-refractivity contribution in [3.63, 3.8) is 0 Å². The van der Waals surface area contributed by atoms with Crippen molar-refractivity contribution in [1.82, 2.24) is 0 Å². The van der Waals surface area contributed by atoms with Gasteiger partial charge in [0.1, 0.15) is 18.3 Å². The van der Waals surface area contributed by atoms with Gasteiger partial charge in [0.25, 0.3) is 8.32 Å². The molecular formula is C25H34O5Si. The summed E-state index contributed by atoms with van der Waals surface area (Å²) in [6, 6.07) is 21.0. The Morgan fingerprint density at radius 2 is 1.39 bits per heavy atom. The third kappa shape index (κ3) is 4.01. The Bertz CT molecular complexity index is 852. The predicted octanol–water partition coefficient (Wildman–Crippen LogP) is 3.19. The molecule has 6 heteroatoms. The van der Waals surface area contributed by atoms with Crippen LogP contribution in [-0.2, 0) is 18.6 Å². The van der Waals surface area contributed by atoms with E-state index < -0.39 is 32.1 Å². The molecule has 0 aliphatic carbocycles. The van der Waals surface area contributed by atoms with Gasteiger partial charge in [-0.2, -0.15) is 0 Å². The van der Waals surface area contributed by atoms with Crippen LogP contribution in [0.4, 0.5) is 0 Å². The molecular weight excluding hydrogens is 408 g/mol. The van der Waals surface area contributed by atoms with Gasteiger partial charge in [0.2, 0.25) is 0 Å². The highest BCUT2D eigenvalue weighted by molar-refractivity contribution is 6.99. The highest BCUT2D eigenvalue weighted by Crippen LogP contribution is 2.44. The van der Waals surface area contributed by atoms with E-state index in [1.54, 1.807) is 6.92 Å². The maximum absolute atomic E-state index is 10.8. The molecule has 2 heterocycles. The van der Waals surface area contributed by atoms with Crippen LogP contribution in [0.5, 0.6) is 0 Å². The first-order valence-electron chi connectivity index (χ1n) is 11.0. The third-order valence-electron chi connectivity index (χ3n) is 6.29. The fourth-order valence-corrected chi connectivity index (χ4v) is 9.58. The normalized spacial score (nSPS) is 30.4. The molecule has 2 aliphatic rings. The van der Waals surface area contributed by atoms with Crippen LogP contribution in [0.25, 0.3) is 0 Å². The summed E-state index contributed by atoms with van der Waals surface area (Å²) < 4.78 is 25.0. The standard InChI is InChI=1S/C25H34O5Si/c1-23(2,3)31(18-13-9-7-10-14-18,19-15-11-8-12-16-19)27-17-20-21-22(25(6,26)28-20)30-24(4,5)29-21/h7-16,20-22,26H,17H2,1-6H3/t20-,21-,22-,25?/m1/s1. The minimum absolute atomic E-state index is 0.136. The molecule has 5 nitrogen and oxygen atoms in total. The second-order valence-corrected chi connectivity index (χ2v) is 14.5. The first kappa shape index (κ1) is 22.6. The van der Waals surface area contributed by atoms with E-state index >= 15 is 0 Å². The molecule has 2 aliphatic heterocycles. The lowest BCUT2D eigenvalue weighted by atomic mass is 10.1. The Morgan fingerprint density at radius 1 is 0.871 bits per heavy atom. The van der Waals surface area contributed by atoms with Crippen molar-refractivity contribution in [1.29, 1.82) is 0 Å². The smallest absolute Gasteiger partial charge is 0.261 e. The first-order valence-corrected chi connectivity index (χ1v) is 12.9. The Balaban J connectivity index is 1.71. The zero-order valence-electron chi connectivity index (χ0n) is 19.3. The van der Waals surface area contributed by atoms with Crippen molar-refractivity contribution in [2.24, 2.45) is 0 Å². The zero-order chi connectivity index (χ0) is 22.5. The molecule has 2 aromatic carbocycles. The van der Waals surface area contributed by atoms with Gasteiger partial charge in [-0.25, -0.2) is 0 Å². The SMILES string of the molecule is CC1(C)O[C@H]2[C@@H](O1)C(C)(O)O[C@@H]2CO[Si](c1ccccc1)(c1ccccc1)C(C)(C)C. The van der Waals surface area contributed by atoms with Gasteiger partial charge < -0.3 is 23.7 Å². The van der Waals surface area contributed by atoms with E-state index in [0.717, 1.165) is 0 Å². The maximum Gasteiger partial charge on any atom is 0.261 e. The van der Waals surface area contributed by atoms with Gasteiger partial charge in [0, 0.05) is 0 Å². The van der Waals surface area contributed by atoms with Gasteiger partial charge in [-0.1, -0.05) is 81.4 Å². The van der Waals surface area contributed by atoms with Crippen LogP contribution in [0.2, 0.25) is 5.04 Å². The molecule has 0 bridgehead atoms. The monoisotopic (exact) mass is 442 g/mol. The molecule has 4 atom stereocenters. The molecule has 2 saturated heterocycles. The Morgan fingerprint density at radius 3 is 1.87 bits per heavy atom. The third-order valence-corrected chi connectivity index (χ3v) is 11.3. The van der Waals surface area contributed by atoms with E-state index in [0.29, 0.717) is 6.61 Å². The average molecular weight is 443 g/mol. The van der Waals surface area contributed by atoms with Crippen molar-refractivity contribution in [2.75, 3.05) is 6.61 Å². The van der Waals surface area contributed by atoms with Gasteiger partial charge in [0.05, 0.1) is 6.61 Å². The summed E-state index contributed by atoms with van der Waals surface area (Å²) in [5.41, 5.74) is 0. The van der Waals surface area contributed by atoms with Gasteiger partial charge in [-0.3, -0.25) is 0 Å². The number of fused-ring (bicyclic) bond motifs is 1. The van der Waals surface area contributed by atoms with E-state index in [4.69, 9.17) is 18.6 Å². The molecule has 2 fully saturated rings. The lowest BCUT2D eigenvalue weighted by Gasteiger charge is -2.43. The van der Waals surface area contributed by atoms with Gasteiger partial charge in [-0.15, -0.1) is 0 Å². The predicted molar refractivity (Wildman–Crippen MR) is 123 cm³/mol. The summed E-state index contributed by atoms with van der Waals surface area (Å²) in [7, 11) is -2.70. The van der Waals surface area contributed by atoms with Crippen LogP contribution in [0.15, 0.2) is 60.7 Å². The molecule has 1 unspecified atom stereocenters. The van der Waals surface area contributed by atoms with E-state index in [9.17, 15) is 5.11 Å². The van der Waals surface area contributed by atoms with E-state index in [2.05, 4.69) is 69.3 Å². The molecule has 4 rings (SSSR count). The van der Waals surface area contributed by atoms with Crippen LogP contribution in [-0.4, -0.2) is 49.9 Å². The minimum Gasteiger partial charge on any atom is -0.405 e. The summed E-state index contributed by atoms with van der Waals surface area (Å²) in [6.07, 6.45) is -1.36. The maximum atomic E-state index is 10.8. The number of rotatable bonds is 5. The van der Waals surface area contributed by atoms with Crippen LogP contribution in [0.3, 0.4) is 0 Å². The molecule has 2 aromatic rings. The summed E-state index contributed by atoms with van der Waals surface area (Å²) >= 11 is 0. The van der Waals surface area contributed by atoms with E-state index in [-0.39, 0.29) is 11.1 Å². The molecule has 0 radical (unpaired) electrons. The van der Waals surface area contributed by atoms with Gasteiger partial charge in [0.15, 0.2) is 11.6 Å². The number of ether oxygens (including phenoxy) is 3. The summed E-state index contributed by atoms with van der Waals surface area (Å²) in [5.74, 6) is -2.18. The lowest BCUT2D eigenvalue weighted by Crippen LogP contribution is -2.67. The highest BCUT2D eigenvalue weighted by atomic mass is 28.4. The Hall–Kier alpha value is -1.54. The molecule has 168 valence electrons. The fourth-order valence-electron chi connectivity index (χ4n) is 5.01. The molecule has 0 amide bonds. The molecule has 1 N–H and O–H groups in total. The van der Waals surface area contributed by atoms with Crippen LogP contribution < -0.4 is 10.4 Å². The quantitative estimate of drug-likeness (QED) is 0.721. The number of aliphatic hydroxyl groups is 1. The van der Waals surface area contributed by atoms with Crippen molar-refractivity contribution in [3.8, 4) is 0 Å².